The van der Waals surface area contributed by atoms with E-state index in [4.69, 9.17) is 4.74 Å². The number of pyridine rings is 1. The van der Waals surface area contributed by atoms with E-state index < -0.39 is 0 Å². The number of ether oxygens (including phenoxy) is 1. The summed E-state index contributed by atoms with van der Waals surface area (Å²) < 4.78 is 5.67. The van der Waals surface area contributed by atoms with E-state index in [1.807, 2.05) is 12.1 Å². The average molecular weight is 243 g/mol. The number of alkyl carbamates (subject to hydrolysis) is 1. The molecule has 68 valence electrons. The molecule has 1 aromatic rings. The first kappa shape index (κ1) is 8.50. The van der Waals surface area contributed by atoms with Crippen molar-refractivity contribution in [2.75, 3.05) is 6.61 Å². The summed E-state index contributed by atoms with van der Waals surface area (Å²) in [6.07, 6.45) is 1.31. The normalized spacial score (nSPS) is 21.0. The largest absolute Gasteiger partial charge is 0.447 e. The van der Waals surface area contributed by atoms with Crippen LogP contribution in [0.2, 0.25) is 0 Å². The zero-order valence-electron chi connectivity index (χ0n) is 6.66. The van der Waals surface area contributed by atoms with Crippen LogP contribution in [0.5, 0.6) is 0 Å². The van der Waals surface area contributed by atoms with Gasteiger partial charge in [0.2, 0.25) is 0 Å². The molecule has 2 rings (SSSR count). The minimum absolute atomic E-state index is 0.111. The van der Waals surface area contributed by atoms with E-state index in [1.165, 1.54) is 0 Å². The smallest absolute Gasteiger partial charge is 0.407 e. The van der Waals surface area contributed by atoms with Gasteiger partial charge in [0.15, 0.2) is 0 Å². The van der Waals surface area contributed by atoms with Gasteiger partial charge in [-0.3, -0.25) is 4.98 Å². The predicted octanol–water partition coefficient (Wildman–Crippen LogP) is 1.62. The molecule has 0 aromatic carbocycles. The van der Waals surface area contributed by atoms with E-state index >= 15 is 0 Å². The lowest BCUT2D eigenvalue weighted by Crippen LogP contribution is -2.19. The van der Waals surface area contributed by atoms with Crippen LogP contribution in [0.25, 0.3) is 0 Å². The van der Waals surface area contributed by atoms with Gasteiger partial charge in [0.25, 0.3) is 0 Å². The van der Waals surface area contributed by atoms with E-state index in [1.54, 1.807) is 6.20 Å². The van der Waals surface area contributed by atoms with Crippen molar-refractivity contribution >= 4 is 22.0 Å². The molecule has 5 heteroatoms. The quantitative estimate of drug-likeness (QED) is 0.815. The molecule has 0 saturated carbocycles. The molecule has 0 radical (unpaired) electrons. The molecule has 1 unspecified atom stereocenters. The highest BCUT2D eigenvalue weighted by atomic mass is 79.9. The van der Waals surface area contributed by atoms with Gasteiger partial charge in [0, 0.05) is 10.7 Å². The van der Waals surface area contributed by atoms with Gasteiger partial charge in [-0.05, 0) is 28.1 Å². The fraction of sp³-hybridized carbons (Fsp3) is 0.250. The lowest BCUT2D eigenvalue weighted by molar-refractivity contribution is 0.177. The molecule has 0 bridgehead atoms. The molecule has 0 spiro atoms. The second-order valence-corrected chi connectivity index (χ2v) is 3.61. The molecule has 1 aromatic heterocycles. The van der Waals surface area contributed by atoms with Crippen LogP contribution in [0.15, 0.2) is 22.8 Å². The number of amides is 1. The summed E-state index contributed by atoms with van der Waals surface area (Å²) in [6.45, 7) is 0.355. The summed E-state index contributed by atoms with van der Waals surface area (Å²) in [7, 11) is 0. The third-order valence-corrected chi connectivity index (χ3v) is 2.25. The van der Waals surface area contributed by atoms with Gasteiger partial charge in [-0.15, -0.1) is 0 Å². The summed E-state index contributed by atoms with van der Waals surface area (Å²) in [5, 5.41) is 2.65. The maximum Gasteiger partial charge on any atom is 0.407 e. The Balaban J connectivity index is 2.17. The first-order valence-electron chi connectivity index (χ1n) is 3.80. The average Bonchev–Trinajstić information content (AvgIpc) is 2.53. The van der Waals surface area contributed by atoms with Crippen LogP contribution < -0.4 is 5.32 Å². The van der Waals surface area contributed by atoms with Crippen molar-refractivity contribution in [3.63, 3.8) is 0 Å². The van der Waals surface area contributed by atoms with Crippen LogP contribution in [0, 0.1) is 0 Å². The number of nitrogens with one attached hydrogen (secondary N) is 1. The number of aromatic nitrogens is 1. The van der Waals surface area contributed by atoms with Crippen LogP contribution in [0.4, 0.5) is 4.79 Å². The molecule has 1 saturated heterocycles. The Labute approximate surface area is 83.4 Å². The standard InChI is InChI=1S/C8H7BrN2O2/c9-5-1-2-6(10-3-5)7-4-13-8(12)11-7/h1-3,7H,4H2,(H,11,12). The van der Waals surface area contributed by atoms with Crippen molar-refractivity contribution in [2.24, 2.45) is 0 Å². The molecular formula is C8H7BrN2O2. The summed E-state index contributed by atoms with van der Waals surface area (Å²) in [5.41, 5.74) is 0.814. The molecule has 4 nitrogen and oxygen atoms in total. The maximum absolute atomic E-state index is 10.7. The Morgan fingerprint density at radius 2 is 2.46 bits per heavy atom. The molecule has 1 atom stereocenters. The molecule has 1 N–H and O–H groups in total. The number of cyclic esters (lactones) is 1. The van der Waals surface area contributed by atoms with Gasteiger partial charge in [0.05, 0.1) is 5.69 Å². The number of hydrogen-bond donors (Lipinski definition) is 1. The molecule has 1 fully saturated rings. The van der Waals surface area contributed by atoms with Gasteiger partial charge in [0.1, 0.15) is 12.6 Å². The van der Waals surface area contributed by atoms with Crippen LogP contribution >= 0.6 is 15.9 Å². The minimum atomic E-state index is -0.380. The van der Waals surface area contributed by atoms with Crippen molar-refractivity contribution in [3.8, 4) is 0 Å². The number of hydrogen-bond acceptors (Lipinski definition) is 3. The van der Waals surface area contributed by atoms with Gasteiger partial charge in [-0.2, -0.15) is 0 Å². The summed E-state index contributed by atoms with van der Waals surface area (Å²) in [4.78, 5) is 14.9. The summed E-state index contributed by atoms with van der Waals surface area (Å²) in [5.74, 6) is 0. The Kier molecular flexibility index (Phi) is 2.18. The van der Waals surface area contributed by atoms with Crippen molar-refractivity contribution in [1.29, 1.82) is 0 Å². The Hall–Kier alpha value is -1.10. The number of rotatable bonds is 1. The van der Waals surface area contributed by atoms with E-state index in [0.717, 1.165) is 10.2 Å². The van der Waals surface area contributed by atoms with Crippen molar-refractivity contribution in [1.82, 2.24) is 10.3 Å². The SMILES string of the molecule is O=C1NC(c2ccc(Br)cn2)CO1. The summed E-state index contributed by atoms with van der Waals surface area (Å²) >= 11 is 3.28. The molecule has 0 aliphatic carbocycles. The first-order valence-corrected chi connectivity index (χ1v) is 4.60. The zero-order valence-corrected chi connectivity index (χ0v) is 8.24. The van der Waals surface area contributed by atoms with Gasteiger partial charge in [-0.1, -0.05) is 0 Å². The highest BCUT2D eigenvalue weighted by molar-refractivity contribution is 9.10. The molecule has 2 heterocycles. The monoisotopic (exact) mass is 242 g/mol. The number of nitrogens with zero attached hydrogens (tertiary/aromatic N) is 1. The Bertz CT molecular complexity index is 325. The van der Waals surface area contributed by atoms with E-state index in [0.29, 0.717) is 6.61 Å². The number of halogens is 1. The zero-order chi connectivity index (χ0) is 9.26. The second-order valence-electron chi connectivity index (χ2n) is 2.70. The molecule has 1 amide bonds. The van der Waals surface area contributed by atoms with Gasteiger partial charge >= 0.3 is 6.09 Å². The van der Waals surface area contributed by atoms with Gasteiger partial charge in [-0.25, -0.2) is 4.79 Å². The number of carbonyl (C=O) groups excluding carboxylic acids is 1. The Morgan fingerprint density at radius 3 is 3.00 bits per heavy atom. The fourth-order valence-electron chi connectivity index (χ4n) is 1.14. The van der Waals surface area contributed by atoms with Crippen molar-refractivity contribution in [3.05, 3.63) is 28.5 Å². The van der Waals surface area contributed by atoms with E-state index in [9.17, 15) is 4.79 Å². The topological polar surface area (TPSA) is 51.2 Å². The summed E-state index contributed by atoms with van der Waals surface area (Å²) in [6, 6.07) is 3.62. The van der Waals surface area contributed by atoms with Crippen LogP contribution in [-0.2, 0) is 4.74 Å². The van der Waals surface area contributed by atoms with Crippen molar-refractivity contribution in [2.45, 2.75) is 6.04 Å². The molecular weight excluding hydrogens is 236 g/mol. The lowest BCUT2D eigenvalue weighted by atomic mass is 10.2. The van der Waals surface area contributed by atoms with Crippen LogP contribution in [0.1, 0.15) is 11.7 Å². The Morgan fingerprint density at radius 1 is 1.62 bits per heavy atom. The lowest BCUT2D eigenvalue weighted by Gasteiger charge is -2.05. The minimum Gasteiger partial charge on any atom is -0.447 e. The van der Waals surface area contributed by atoms with Crippen molar-refractivity contribution < 1.29 is 9.53 Å². The molecule has 1 aliphatic rings. The second kappa shape index (κ2) is 3.33. The highest BCUT2D eigenvalue weighted by Crippen LogP contribution is 2.17. The highest BCUT2D eigenvalue weighted by Gasteiger charge is 2.24. The molecule has 13 heavy (non-hydrogen) atoms. The third kappa shape index (κ3) is 1.80. The van der Waals surface area contributed by atoms with E-state index in [-0.39, 0.29) is 12.1 Å². The first-order chi connectivity index (χ1) is 6.25. The maximum atomic E-state index is 10.7. The van der Waals surface area contributed by atoms with Gasteiger partial charge < -0.3 is 10.1 Å². The van der Waals surface area contributed by atoms with E-state index in [2.05, 4.69) is 26.2 Å². The van der Waals surface area contributed by atoms with Crippen LogP contribution in [0.3, 0.4) is 0 Å². The predicted molar refractivity (Wildman–Crippen MR) is 49.2 cm³/mol. The molecule has 1 aliphatic heterocycles. The van der Waals surface area contributed by atoms with Crippen LogP contribution in [-0.4, -0.2) is 17.7 Å². The third-order valence-electron chi connectivity index (χ3n) is 1.78. The number of carbonyl (C=O) groups is 1. The fourth-order valence-corrected chi connectivity index (χ4v) is 1.37.